The Balaban J connectivity index is 2.28. The second-order valence-electron chi connectivity index (χ2n) is 5.40. The van der Waals surface area contributed by atoms with Crippen molar-refractivity contribution in [1.29, 1.82) is 0 Å². The molecule has 0 aliphatic heterocycles. The van der Waals surface area contributed by atoms with Crippen molar-refractivity contribution in [3.8, 4) is 0 Å². The van der Waals surface area contributed by atoms with Crippen LogP contribution >= 0.6 is 0 Å². The minimum atomic E-state index is -0.195. The van der Waals surface area contributed by atoms with E-state index in [0.29, 0.717) is 0 Å². The summed E-state index contributed by atoms with van der Waals surface area (Å²) in [5.41, 5.74) is 3.80. The normalized spacial score (nSPS) is 13.7. The molecule has 0 atom stereocenters. The molecule has 0 fully saturated rings. The molecule has 118 valence electrons. The number of amides is 2. The van der Waals surface area contributed by atoms with Gasteiger partial charge in [0.1, 0.15) is 0 Å². The lowest BCUT2D eigenvalue weighted by Crippen LogP contribution is -2.21. The molecule has 2 N–H and O–H groups in total. The highest BCUT2D eigenvalue weighted by atomic mass is 27.1. The number of carbonyl (C=O) groups excluding carboxylic acids is 2. The van der Waals surface area contributed by atoms with Crippen LogP contribution in [0.3, 0.4) is 0 Å². The lowest BCUT2D eigenvalue weighted by Gasteiger charge is -2.18. The van der Waals surface area contributed by atoms with Gasteiger partial charge in [-0.05, 0) is 48.9 Å². The molecular weight excluding hydrogens is 326 g/mol. The summed E-state index contributed by atoms with van der Waals surface area (Å²) >= 11 is 4.13. The van der Waals surface area contributed by atoms with Crippen molar-refractivity contribution in [3.63, 3.8) is 0 Å². The Labute approximate surface area is 152 Å². The lowest BCUT2D eigenvalue weighted by atomic mass is 9.98. The zero-order valence-electron chi connectivity index (χ0n) is 12.9. The third-order valence-electron chi connectivity index (χ3n) is 3.76. The molecule has 2 rings (SSSR count). The van der Waals surface area contributed by atoms with Crippen LogP contribution < -0.4 is 10.6 Å². The number of nitrogens with one attached hydrogen (secondary N) is 2. The number of benzene rings is 1. The van der Waals surface area contributed by atoms with Crippen LogP contribution in [-0.2, 0) is 30.0 Å². The fourth-order valence-corrected chi connectivity index (χ4v) is 3.11. The zero-order chi connectivity index (χ0) is 16.7. The minimum Gasteiger partial charge on any atom is -0.509 e. The smallest absolute Gasteiger partial charge is 0.369 e. The first-order valence-corrected chi connectivity index (χ1v) is 8.47. The molecule has 1 aromatic carbocycles. The Hall–Kier alpha value is -0.855. The van der Waals surface area contributed by atoms with E-state index in [9.17, 15) is 9.59 Å². The van der Waals surface area contributed by atoms with Crippen molar-refractivity contribution in [3.05, 3.63) is 23.3 Å². The Morgan fingerprint density at radius 3 is 1.70 bits per heavy atom. The molecule has 0 saturated carbocycles. The average molecular weight is 344 g/mol. The van der Waals surface area contributed by atoms with Gasteiger partial charge in [-0.2, -0.15) is 0 Å². The van der Waals surface area contributed by atoms with Gasteiger partial charge in [0, 0.05) is 11.4 Å². The number of rotatable bonds is 6. The second-order valence-corrected chi connectivity index (χ2v) is 6.06. The number of carbonyl (C=O) groups is 2. The van der Waals surface area contributed by atoms with Gasteiger partial charge in [0.25, 0.3) is 0 Å². The monoisotopic (exact) mass is 344 g/mol. The van der Waals surface area contributed by atoms with Gasteiger partial charge in [0.2, 0.25) is 11.8 Å². The molecule has 1 aliphatic carbocycles. The zero-order valence-corrected chi connectivity index (χ0v) is 15.2. The van der Waals surface area contributed by atoms with Crippen molar-refractivity contribution in [2.24, 2.45) is 0 Å². The van der Waals surface area contributed by atoms with Crippen LogP contribution in [0.4, 0.5) is 11.4 Å². The van der Waals surface area contributed by atoms with E-state index in [2.05, 4.69) is 43.9 Å². The maximum atomic E-state index is 11.8. The van der Waals surface area contributed by atoms with Gasteiger partial charge in [-0.15, -0.1) is 0 Å². The lowest BCUT2D eigenvalue weighted by molar-refractivity contribution is -0.118. The summed E-state index contributed by atoms with van der Waals surface area (Å²) in [6, 6.07) is 3.67. The molecule has 2 amide bonds. The molecule has 1 aliphatic rings. The molecule has 4 radical (unpaired) electrons. The molecule has 0 saturated heterocycles. The molecule has 0 unspecified atom stereocenters. The molecule has 0 spiro atoms. The van der Waals surface area contributed by atoms with Crippen LogP contribution in [0.5, 0.6) is 0 Å². The van der Waals surface area contributed by atoms with Crippen LogP contribution in [0.1, 0.15) is 30.4 Å². The van der Waals surface area contributed by atoms with Crippen molar-refractivity contribution in [2.75, 3.05) is 23.8 Å². The first-order valence-electron chi connectivity index (χ1n) is 7.53. The quantitative estimate of drug-likeness (QED) is 0.597. The first-order chi connectivity index (χ1) is 11.2. The molecule has 0 aromatic heterocycles. The van der Waals surface area contributed by atoms with Crippen molar-refractivity contribution in [1.82, 2.24) is 0 Å². The fourth-order valence-electron chi connectivity index (χ4n) is 2.80. The fraction of sp³-hybridized carbons (Fsp3) is 0.467. The Morgan fingerprint density at radius 1 is 0.870 bits per heavy atom. The Kier molecular flexibility index (Phi) is 7.59. The summed E-state index contributed by atoms with van der Waals surface area (Å²) in [5.74, 6) is -0.390. The van der Waals surface area contributed by atoms with E-state index in [1.54, 1.807) is 0 Å². The number of fused-ring (bicyclic) bond motifs is 1. The molecule has 23 heavy (non-hydrogen) atoms. The summed E-state index contributed by atoms with van der Waals surface area (Å²) < 4.78 is 9.56. The van der Waals surface area contributed by atoms with Gasteiger partial charge in [-0.1, -0.05) is 6.42 Å². The molecular formula is C15H18Al2N2O4. The van der Waals surface area contributed by atoms with Gasteiger partial charge in [-0.25, -0.2) is 0 Å². The van der Waals surface area contributed by atoms with Crippen molar-refractivity contribution in [2.45, 2.75) is 32.1 Å². The summed E-state index contributed by atoms with van der Waals surface area (Å²) in [4.78, 5) is 23.6. The third-order valence-corrected chi connectivity index (χ3v) is 4.10. The van der Waals surface area contributed by atoms with Crippen LogP contribution in [0, 0.1) is 0 Å². The van der Waals surface area contributed by atoms with Crippen molar-refractivity contribution >= 4 is 56.4 Å². The summed E-state index contributed by atoms with van der Waals surface area (Å²) in [6.45, 7) is -0.0210. The van der Waals surface area contributed by atoms with Crippen molar-refractivity contribution < 1.29 is 17.2 Å². The number of anilines is 2. The van der Waals surface area contributed by atoms with Crippen LogP contribution in [0.15, 0.2) is 12.1 Å². The summed E-state index contributed by atoms with van der Waals surface area (Å²) in [6.07, 6.45) is 5.05. The van der Waals surface area contributed by atoms with E-state index >= 15 is 0 Å². The Morgan fingerprint density at radius 2 is 1.30 bits per heavy atom. The largest absolute Gasteiger partial charge is 0.509 e. The Bertz CT molecular complexity index is 532. The van der Waals surface area contributed by atoms with Gasteiger partial charge >= 0.3 is 33.2 Å². The maximum absolute atomic E-state index is 11.8. The van der Waals surface area contributed by atoms with Gasteiger partial charge in [-0.3, -0.25) is 9.59 Å². The van der Waals surface area contributed by atoms with Crippen LogP contribution in [-0.4, -0.2) is 58.3 Å². The molecule has 6 nitrogen and oxygen atoms in total. The van der Waals surface area contributed by atoms with Gasteiger partial charge in [0.05, 0.1) is 13.2 Å². The van der Waals surface area contributed by atoms with Gasteiger partial charge < -0.3 is 18.2 Å². The summed E-state index contributed by atoms with van der Waals surface area (Å²) in [7, 11) is 0. The van der Waals surface area contributed by atoms with Gasteiger partial charge in [0.15, 0.2) is 0 Å². The predicted molar refractivity (Wildman–Crippen MR) is 88.4 cm³/mol. The number of hydrogen-bond donors (Lipinski definition) is 2. The van der Waals surface area contributed by atoms with E-state index < -0.39 is 0 Å². The maximum Gasteiger partial charge on any atom is 0.369 e. The van der Waals surface area contributed by atoms with E-state index in [1.165, 1.54) is 0 Å². The first kappa shape index (κ1) is 18.5. The van der Waals surface area contributed by atoms with E-state index in [1.807, 2.05) is 12.1 Å². The highest BCUT2D eigenvalue weighted by Crippen LogP contribution is 2.33. The highest BCUT2D eigenvalue weighted by Gasteiger charge is 2.18. The predicted octanol–water partition coefficient (Wildman–Crippen LogP) is 1.03. The van der Waals surface area contributed by atoms with E-state index in [-0.39, 0.29) is 25.0 Å². The average Bonchev–Trinajstić information content (AvgIpc) is 2.76. The van der Waals surface area contributed by atoms with E-state index in [4.69, 9.17) is 7.58 Å². The SMILES string of the molecule is O=C(C[O][Al])Nc1ccc(NC(=O)C[O][Al])c2c1CCCCC2. The molecule has 1 aromatic rings. The number of hydrogen-bond acceptors (Lipinski definition) is 4. The standard InChI is InChI=1S/C15H18N2O4.2Al/c18-8-14(20)16-12-6-7-13(17-15(21)9-19)11-5-3-1-2-4-10(11)12;;/h6-7H,1-5,8-9H2,(H,16,20)(H,17,21);;/q-2;2*+1. The topological polar surface area (TPSA) is 76.7 Å². The minimum absolute atomic E-state index is 0.0105. The van der Waals surface area contributed by atoms with Crippen LogP contribution in [0.25, 0.3) is 0 Å². The van der Waals surface area contributed by atoms with E-state index in [0.717, 1.165) is 54.6 Å². The summed E-state index contributed by atoms with van der Waals surface area (Å²) in [5, 5.41) is 5.77. The third kappa shape index (κ3) is 5.33. The second kappa shape index (κ2) is 9.44. The molecule has 8 heteroatoms. The molecule has 0 heterocycles. The highest BCUT2D eigenvalue weighted by molar-refractivity contribution is 6.02. The molecule has 0 bridgehead atoms. The van der Waals surface area contributed by atoms with Crippen LogP contribution in [0.2, 0.25) is 0 Å².